The summed E-state index contributed by atoms with van der Waals surface area (Å²) in [5, 5.41) is 0. The molecule has 3 saturated heterocycles. The van der Waals surface area contributed by atoms with Crippen molar-refractivity contribution in [3.8, 4) is 0 Å². The van der Waals surface area contributed by atoms with Gasteiger partial charge in [0.2, 0.25) is 5.91 Å². The summed E-state index contributed by atoms with van der Waals surface area (Å²) in [6, 6.07) is 3.60. The number of hydrogen-bond acceptors (Lipinski definition) is 4. The lowest BCUT2D eigenvalue weighted by Gasteiger charge is -2.33. The van der Waals surface area contributed by atoms with E-state index in [1.807, 2.05) is 15.9 Å². The molecule has 3 fully saturated rings. The number of nitrogens with zero attached hydrogens (tertiary/aromatic N) is 3. The topological polar surface area (TPSA) is 62.7 Å². The van der Waals surface area contributed by atoms with E-state index in [0.717, 1.165) is 32.5 Å². The minimum absolute atomic E-state index is 0.0344. The maximum Gasteiger partial charge on any atom is 0.255 e. The summed E-state index contributed by atoms with van der Waals surface area (Å²) in [6.45, 7) is 4.55. The molecule has 3 atom stereocenters. The molecule has 6 nitrogen and oxygen atoms in total. The average molecular weight is 343 g/mol. The van der Waals surface area contributed by atoms with Gasteiger partial charge in [0.1, 0.15) is 0 Å². The quantitative estimate of drug-likeness (QED) is 0.833. The molecule has 0 aliphatic carbocycles. The van der Waals surface area contributed by atoms with E-state index in [2.05, 4.69) is 4.98 Å². The van der Waals surface area contributed by atoms with E-state index in [9.17, 15) is 9.59 Å². The number of hydrogen-bond donors (Lipinski definition) is 0. The molecular formula is C19H25N3O3. The molecule has 0 radical (unpaired) electrons. The van der Waals surface area contributed by atoms with E-state index in [4.69, 9.17) is 4.74 Å². The smallest absolute Gasteiger partial charge is 0.255 e. The van der Waals surface area contributed by atoms with Crippen LogP contribution in [0.4, 0.5) is 0 Å². The molecule has 0 unspecified atom stereocenters. The Morgan fingerprint density at radius 1 is 1.16 bits per heavy atom. The minimum atomic E-state index is 0.0344. The first kappa shape index (κ1) is 16.5. The number of aromatic nitrogens is 1. The number of amides is 2. The van der Waals surface area contributed by atoms with Gasteiger partial charge < -0.3 is 14.5 Å². The zero-order valence-corrected chi connectivity index (χ0v) is 14.5. The number of carbonyl (C=O) groups is 2. The van der Waals surface area contributed by atoms with Gasteiger partial charge in [-0.25, -0.2) is 0 Å². The van der Waals surface area contributed by atoms with Gasteiger partial charge in [-0.15, -0.1) is 0 Å². The van der Waals surface area contributed by atoms with E-state index in [1.54, 1.807) is 18.5 Å². The Bertz CT molecular complexity index is 630. The Morgan fingerprint density at radius 3 is 2.76 bits per heavy atom. The molecule has 0 saturated carbocycles. The van der Waals surface area contributed by atoms with Crippen LogP contribution in [0.2, 0.25) is 0 Å². The fraction of sp³-hybridized carbons (Fsp3) is 0.632. The number of carbonyl (C=O) groups excluding carboxylic acids is 2. The van der Waals surface area contributed by atoms with Crippen LogP contribution < -0.4 is 0 Å². The molecule has 4 rings (SSSR count). The summed E-state index contributed by atoms with van der Waals surface area (Å²) in [5.74, 6) is 1.21. The lowest BCUT2D eigenvalue weighted by Crippen LogP contribution is -2.39. The second-order valence-electron chi connectivity index (χ2n) is 7.47. The number of likely N-dealkylation sites (tertiary alicyclic amines) is 2. The van der Waals surface area contributed by atoms with Crippen LogP contribution in [-0.2, 0) is 9.53 Å². The number of fused-ring (bicyclic) bond motifs is 1. The van der Waals surface area contributed by atoms with Crippen molar-refractivity contribution < 1.29 is 14.3 Å². The standard InChI is InChI=1S/C19H25N3O3/c23-18(21-6-1-2-7-21)8-15-12-25-13-16-10-22(11-17(15)16)19(24)14-4-3-5-20-9-14/h3-5,9,15-17H,1-2,6-8,10-13H2/t15-,16-,17+/m1/s1. The monoisotopic (exact) mass is 343 g/mol. The van der Waals surface area contributed by atoms with Crippen molar-refractivity contribution in [2.75, 3.05) is 39.4 Å². The fourth-order valence-electron chi connectivity index (χ4n) is 4.47. The molecule has 3 aliphatic rings. The number of rotatable bonds is 3. The summed E-state index contributed by atoms with van der Waals surface area (Å²) < 4.78 is 5.77. The van der Waals surface area contributed by atoms with Crippen LogP contribution in [0, 0.1) is 17.8 Å². The highest BCUT2D eigenvalue weighted by Gasteiger charge is 2.43. The molecule has 1 aromatic heterocycles. The third-order valence-electron chi connectivity index (χ3n) is 5.85. The molecule has 1 aromatic rings. The Hall–Kier alpha value is -1.95. The summed E-state index contributed by atoms with van der Waals surface area (Å²) in [5.41, 5.74) is 0.631. The van der Waals surface area contributed by atoms with Crippen LogP contribution in [0.15, 0.2) is 24.5 Å². The van der Waals surface area contributed by atoms with Gasteiger partial charge in [-0.05, 0) is 36.8 Å². The molecule has 25 heavy (non-hydrogen) atoms. The van der Waals surface area contributed by atoms with Crippen molar-refractivity contribution in [3.05, 3.63) is 30.1 Å². The fourth-order valence-corrected chi connectivity index (χ4v) is 4.47. The molecular weight excluding hydrogens is 318 g/mol. The van der Waals surface area contributed by atoms with Gasteiger partial charge in [0.05, 0.1) is 18.8 Å². The number of ether oxygens (including phenoxy) is 1. The van der Waals surface area contributed by atoms with Crippen LogP contribution >= 0.6 is 0 Å². The zero-order valence-electron chi connectivity index (χ0n) is 14.5. The highest BCUT2D eigenvalue weighted by atomic mass is 16.5. The molecule has 4 heterocycles. The second kappa shape index (κ2) is 7.12. The highest BCUT2D eigenvalue weighted by Crippen LogP contribution is 2.36. The third kappa shape index (κ3) is 3.40. The van der Waals surface area contributed by atoms with Gasteiger partial charge in [-0.2, -0.15) is 0 Å². The first-order valence-electron chi connectivity index (χ1n) is 9.27. The van der Waals surface area contributed by atoms with Crippen molar-refractivity contribution in [1.29, 1.82) is 0 Å². The SMILES string of the molecule is O=C(C[C@@H]1COC[C@H]2CN(C(=O)c3cccnc3)C[C@@H]12)N1CCCC1. The predicted molar refractivity (Wildman–Crippen MR) is 91.9 cm³/mol. The van der Waals surface area contributed by atoms with Crippen molar-refractivity contribution in [1.82, 2.24) is 14.8 Å². The van der Waals surface area contributed by atoms with Crippen LogP contribution in [0.1, 0.15) is 29.6 Å². The van der Waals surface area contributed by atoms with Crippen molar-refractivity contribution in [3.63, 3.8) is 0 Å². The lowest BCUT2D eigenvalue weighted by molar-refractivity contribution is -0.133. The van der Waals surface area contributed by atoms with Crippen molar-refractivity contribution in [2.45, 2.75) is 19.3 Å². The zero-order chi connectivity index (χ0) is 17.2. The van der Waals surface area contributed by atoms with Gasteiger partial charge in [-0.1, -0.05) is 0 Å². The highest BCUT2D eigenvalue weighted by molar-refractivity contribution is 5.94. The first-order valence-corrected chi connectivity index (χ1v) is 9.27. The summed E-state index contributed by atoms with van der Waals surface area (Å²) >= 11 is 0. The Kier molecular flexibility index (Phi) is 4.70. The molecule has 0 aromatic carbocycles. The van der Waals surface area contributed by atoms with E-state index in [1.165, 1.54) is 0 Å². The summed E-state index contributed by atoms with van der Waals surface area (Å²) in [4.78, 5) is 33.2. The predicted octanol–water partition coefficient (Wildman–Crippen LogP) is 1.43. The third-order valence-corrected chi connectivity index (χ3v) is 5.85. The van der Waals surface area contributed by atoms with E-state index in [0.29, 0.717) is 43.6 Å². The minimum Gasteiger partial charge on any atom is -0.381 e. The Balaban J connectivity index is 1.41. The molecule has 2 amide bonds. The van der Waals surface area contributed by atoms with Crippen LogP contribution in [0.25, 0.3) is 0 Å². The maximum absolute atomic E-state index is 12.7. The number of pyridine rings is 1. The molecule has 0 spiro atoms. The van der Waals surface area contributed by atoms with Crippen LogP contribution in [-0.4, -0.2) is 66.0 Å². The molecule has 134 valence electrons. The Morgan fingerprint density at radius 2 is 2.00 bits per heavy atom. The van der Waals surface area contributed by atoms with Crippen molar-refractivity contribution >= 4 is 11.8 Å². The average Bonchev–Trinajstić information content (AvgIpc) is 3.32. The summed E-state index contributed by atoms with van der Waals surface area (Å²) in [7, 11) is 0. The summed E-state index contributed by atoms with van der Waals surface area (Å²) in [6.07, 6.45) is 6.08. The van der Waals surface area contributed by atoms with Crippen molar-refractivity contribution in [2.24, 2.45) is 17.8 Å². The first-order chi connectivity index (χ1) is 12.2. The van der Waals surface area contributed by atoms with Crippen LogP contribution in [0.5, 0.6) is 0 Å². The molecule has 3 aliphatic heterocycles. The normalized spacial score (nSPS) is 28.9. The van der Waals surface area contributed by atoms with Gasteiger partial charge in [0, 0.05) is 50.9 Å². The maximum atomic E-state index is 12.7. The molecule has 0 N–H and O–H groups in total. The lowest BCUT2D eigenvalue weighted by atomic mass is 9.81. The Labute approximate surface area is 148 Å². The van der Waals surface area contributed by atoms with E-state index in [-0.39, 0.29) is 17.7 Å². The van der Waals surface area contributed by atoms with Gasteiger partial charge >= 0.3 is 0 Å². The second-order valence-corrected chi connectivity index (χ2v) is 7.47. The largest absolute Gasteiger partial charge is 0.381 e. The van der Waals surface area contributed by atoms with Crippen LogP contribution in [0.3, 0.4) is 0 Å². The van der Waals surface area contributed by atoms with E-state index >= 15 is 0 Å². The molecule has 0 bridgehead atoms. The van der Waals surface area contributed by atoms with Gasteiger partial charge in [-0.3, -0.25) is 14.6 Å². The van der Waals surface area contributed by atoms with E-state index < -0.39 is 0 Å². The molecule has 6 heteroatoms. The van der Waals surface area contributed by atoms with Gasteiger partial charge in [0.25, 0.3) is 5.91 Å². The van der Waals surface area contributed by atoms with Gasteiger partial charge in [0.15, 0.2) is 0 Å².